The molecule has 88 valence electrons. The molecule has 0 saturated carbocycles. The van der Waals surface area contributed by atoms with Crippen molar-refractivity contribution in [1.29, 1.82) is 0 Å². The summed E-state index contributed by atoms with van der Waals surface area (Å²) in [5.41, 5.74) is 0. The lowest BCUT2D eigenvalue weighted by atomic mass is 10.3. The molecule has 5 heteroatoms. The number of hydrogen-bond acceptors (Lipinski definition) is 3. The first-order valence-electron chi connectivity index (χ1n) is 5.33. The van der Waals surface area contributed by atoms with Gasteiger partial charge in [-0.3, -0.25) is 9.59 Å². The van der Waals surface area contributed by atoms with Gasteiger partial charge in [0.05, 0.1) is 6.54 Å². The van der Waals surface area contributed by atoms with Crippen molar-refractivity contribution in [2.45, 2.75) is 33.2 Å². The van der Waals surface area contributed by atoms with E-state index >= 15 is 0 Å². The van der Waals surface area contributed by atoms with Gasteiger partial charge in [-0.25, -0.2) is 0 Å². The zero-order chi connectivity index (χ0) is 11.7. The molecule has 0 aliphatic rings. The van der Waals surface area contributed by atoms with E-state index in [1.54, 1.807) is 0 Å². The second kappa shape index (κ2) is 8.23. The Balaban J connectivity index is 3.42. The molecule has 5 nitrogen and oxygen atoms in total. The van der Waals surface area contributed by atoms with Crippen LogP contribution in [0.4, 0.5) is 0 Å². The largest absolute Gasteiger partial charge is 0.356 e. The molecule has 0 fully saturated rings. The Morgan fingerprint density at radius 3 is 2.33 bits per heavy atom. The maximum absolute atomic E-state index is 11.2. The minimum absolute atomic E-state index is 0.0328. The van der Waals surface area contributed by atoms with Crippen molar-refractivity contribution >= 4 is 11.8 Å². The summed E-state index contributed by atoms with van der Waals surface area (Å²) in [5, 5.41) is 8.32. The summed E-state index contributed by atoms with van der Waals surface area (Å²) in [4.78, 5) is 22.2. The maximum Gasteiger partial charge on any atom is 0.233 e. The highest BCUT2D eigenvalue weighted by Gasteiger charge is 2.03. The minimum atomic E-state index is -0.0759. The van der Waals surface area contributed by atoms with Gasteiger partial charge in [0.15, 0.2) is 0 Å². The smallest absolute Gasteiger partial charge is 0.233 e. The van der Waals surface area contributed by atoms with Crippen molar-refractivity contribution in [3.8, 4) is 0 Å². The van der Waals surface area contributed by atoms with Gasteiger partial charge in [-0.1, -0.05) is 13.8 Å². The van der Waals surface area contributed by atoms with Gasteiger partial charge < -0.3 is 16.0 Å². The van der Waals surface area contributed by atoms with Crippen LogP contribution in [0, 0.1) is 0 Å². The van der Waals surface area contributed by atoms with E-state index in [0.717, 1.165) is 0 Å². The first-order chi connectivity index (χ1) is 7.06. The molecule has 0 unspecified atom stereocenters. The number of carbonyl (C=O) groups is 2. The summed E-state index contributed by atoms with van der Waals surface area (Å²) < 4.78 is 0. The lowest BCUT2D eigenvalue weighted by Crippen LogP contribution is -2.38. The van der Waals surface area contributed by atoms with Crippen molar-refractivity contribution < 1.29 is 9.59 Å². The van der Waals surface area contributed by atoms with E-state index in [2.05, 4.69) is 16.0 Å². The topological polar surface area (TPSA) is 70.2 Å². The predicted octanol–water partition coefficient (Wildman–Crippen LogP) is -0.373. The number of carbonyl (C=O) groups excluding carboxylic acids is 2. The van der Waals surface area contributed by atoms with Gasteiger partial charge in [0.25, 0.3) is 0 Å². The van der Waals surface area contributed by atoms with Crippen LogP contribution in [0.25, 0.3) is 0 Å². The van der Waals surface area contributed by atoms with Gasteiger partial charge >= 0.3 is 0 Å². The van der Waals surface area contributed by atoms with Crippen molar-refractivity contribution in [3.05, 3.63) is 0 Å². The average molecular weight is 215 g/mol. The molecular formula is C10H21N3O2. The maximum atomic E-state index is 11.2. The van der Waals surface area contributed by atoms with Crippen LogP contribution in [0.15, 0.2) is 0 Å². The van der Waals surface area contributed by atoms with Gasteiger partial charge in [0.2, 0.25) is 11.8 Å². The third-order valence-electron chi connectivity index (χ3n) is 1.72. The van der Waals surface area contributed by atoms with Crippen LogP contribution in [0.5, 0.6) is 0 Å². The summed E-state index contributed by atoms with van der Waals surface area (Å²) in [7, 11) is 0. The highest BCUT2D eigenvalue weighted by atomic mass is 16.2. The van der Waals surface area contributed by atoms with E-state index < -0.39 is 0 Å². The molecule has 0 saturated heterocycles. The van der Waals surface area contributed by atoms with Crippen molar-refractivity contribution in [2.24, 2.45) is 0 Å². The van der Waals surface area contributed by atoms with E-state index in [0.29, 0.717) is 32.1 Å². The number of amides is 2. The van der Waals surface area contributed by atoms with Gasteiger partial charge in [-0.2, -0.15) is 0 Å². The Morgan fingerprint density at radius 1 is 1.13 bits per heavy atom. The fourth-order valence-corrected chi connectivity index (χ4v) is 0.960. The molecule has 0 aromatic rings. The van der Waals surface area contributed by atoms with Crippen molar-refractivity contribution in [2.75, 3.05) is 19.6 Å². The molecule has 0 bridgehead atoms. The first-order valence-corrected chi connectivity index (χ1v) is 5.33. The molecule has 0 atom stereocenters. The third kappa shape index (κ3) is 9.21. The third-order valence-corrected chi connectivity index (χ3v) is 1.72. The van der Waals surface area contributed by atoms with E-state index in [1.807, 2.05) is 20.8 Å². The Morgan fingerprint density at radius 2 is 1.80 bits per heavy atom. The number of nitrogens with one attached hydrogen (secondary N) is 3. The van der Waals surface area contributed by atoms with E-state index in [-0.39, 0.29) is 11.8 Å². The molecule has 0 aromatic heterocycles. The summed E-state index contributed by atoms with van der Waals surface area (Å²) in [6.07, 6.45) is 0.335. The lowest BCUT2D eigenvalue weighted by molar-refractivity contribution is -0.121. The highest BCUT2D eigenvalue weighted by molar-refractivity contribution is 5.80. The van der Waals surface area contributed by atoms with Crippen LogP contribution in [0.1, 0.15) is 27.2 Å². The molecule has 2 amide bonds. The van der Waals surface area contributed by atoms with E-state index in [1.165, 1.54) is 0 Å². The fourth-order valence-electron chi connectivity index (χ4n) is 0.960. The number of rotatable bonds is 7. The lowest BCUT2D eigenvalue weighted by Gasteiger charge is -2.08. The van der Waals surface area contributed by atoms with Crippen LogP contribution in [-0.2, 0) is 9.59 Å². The predicted molar refractivity (Wildman–Crippen MR) is 59.4 cm³/mol. The summed E-state index contributed by atoms with van der Waals surface area (Å²) in [6.45, 7) is 7.13. The zero-order valence-electron chi connectivity index (χ0n) is 9.72. The summed E-state index contributed by atoms with van der Waals surface area (Å²) >= 11 is 0. The second-order valence-electron chi connectivity index (χ2n) is 3.59. The van der Waals surface area contributed by atoms with E-state index in [4.69, 9.17) is 0 Å². The van der Waals surface area contributed by atoms with Crippen LogP contribution in [-0.4, -0.2) is 37.5 Å². The molecule has 0 aliphatic carbocycles. The van der Waals surface area contributed by atoms with Gasteiger partial charge in [-0.15, -0.1) is 0 Å². The Labute approximate surface area is 91.0 Å². The molecular weight excluding hydrogens is 194 g/mol. The SMILES string of the molecule is CCNC(=O)CCNC(=O)CNC(C)C. The molecule has 0 spiro atoms. The van der Waals surface area contributed by atoms with Gasteiger partial charge in [0.1, 0.15) is 0 Å². The summed E-state index contributed by atoms with van der Waals surface area (Å²) in [6, 6.07) is 0.291. The van der Waals surface area contributed by atoms with Crippen LogP contribution in [0.3, 0.4) is 0 Å². The van der Waals surface area contributed by atoms with Crippen molar-refractivity contribution in [3.63, 3.8) is 0 Å². The molecule has 3 N–H and O–H groups in total. The zero-order valence-corrected chi connectivity index (χ0v) is 9.72. The van der Waals surface area contributed by atoms with Gasteiger partial charge in [0, 0.05) is 25.6 Å². The molecule has 15 heavy (non-hydrogen) atoms. The summed E-state index contributed by atoms with van der Waals surface area (Å²) in [5.74, 6) is -0.109. The standard InChI is InChI=1S/C10H21N3O2/c1-4-11-9(14)5-6-12-10(15)7-13-8(2)3/h8,13H,4-7H2,1-3H3,(H,11,14)(H,12,15). The normalized spacial score (nSPS) is 10.1. The quantitative estimate of drug-likeness (QED) is 0.542. The molecule has 0 radical (unpaired) electrons. The van der Waals surface area contributed by atoms with Crippen LogP contribution >= 0.6 is 0 Å². The van der Waals surface area contributed by atoms with Crippen LogP contribution < -0.4 is 16.0 Å². The van der Waals surface area contributed by atoms with Crippen molar-refractivity contribution in [1.82, 2.24) is 16.0 Å². The first kappa shape index (κ1) is 13.9. The molecule has 0 rings (SSSR count). The Kier molecular flexibility index (Phi) is 7.62. The molecule has 0 aromatic carbocycles. The average Bonchev–Trinajstić information content (AvgIpc) is 2.15. The Hall–Kier alpha value is -1.10. The Bertz CT molecular complexity index is 205. The highest BCUT2D eigenvalue weighted by Crippen LogP contribution is 1.78. The van der Waals surface area contributed by atoms with Gasteiger partial charge in [-0.05, 0) is 6.92 Å². The van der Waals surface area contributed by atoms with E-state index in [9.17, 15) is 9.59 Å². The van der Waals surface area contributed by atoms with Crippen LogP contribution in [0.2, 0.25) is 0 Å². The monoisotopic (exact) mass is 215 g/mol. The molecule has 0 heterocycles. The fraction of sp³-hybridized carbons (Fsp3) is 0.800. The number of hydrogen-bond donors (Lipinski definition) is 3. The molecule has 0 aliphatic heterocycles. The second-order valence-corrected chi connectivity index (χ2v) is 3.59. The minimum Gasteiger partial charge on any atom is -0.356 e.